The Morgan fingerprint density at radius 2 is 1.71 bits per heavy atom. The standard InChI is InChI=1S/C24H32F6N6O2/c1-34-19-14-17(31-15-23(25,26)27)13-18(24(28,29)30)20(19)21(33-34)22(37)32-16-3-6-36(7-4-16)9-8-35-5-2-11-38-12-10-35/h13-14,16,31H,2-12,15H2,1H3,(H,32,37). The average molecular weight is 551 g/mol. The minimum absolute atomic E-state index is 0.0941. The van der Waals surface area contributed by atoms with E-state index in [9.17, 15) is 31.1 Å². The molecule has 212 valence electrons. The number of nitrogens with zero attached hydrogens (tertiary/aromatic N) is 4. The van der Waals surface area contributed by atoms with Gasteiger partial charge in [-0.1, -0.05) is 0 Å². The number of alkyl halides is 6. The van der Waals surface area contributed by atoms with Crippen LogP contribution in [-0.2, 0) is 18.0 Å². The topological polar surface area (TPSA) is 74.7 Å². The van der Waals surface area contributed by atoms with E-state index >= 15 is 0 Å². The molecule has 0 bridgehead atoms. The molecule has 2 aliphatic heterocycles. The smallest absolute Gasteiger partial charge is 0.380 e. The van der Waals surface area contributed by atoms with Gasteiger partial charge in [0.05, 0.1) is 17.7 Å². The number of hydrogen-bond acceptors (Lipinski definition) is 6. The van der Waals surface area contributed by atoms with E-state index < -0.39 is 41.4 Å². The zero-order valence-electron chi connectivity index (χ0n) is 21.1. The molecule has 1 aromatic carbocycles. The number of aromatic nitrogens is 2. The number of anilines is 1. The van der Waals surface area contributed by atoms with Crippen molar-refractivity contribution in [2.75, 3.05) is 64.3 Å². The van der Waals surface area contributed by atoms with Crippen LogP contribution in [0.1, 0.15) is 35.3 Å². The lowest BCUT2D eigenvalue weighted by molar-refractivity contribution is -0.136. The number of benzene rings is 1. The molecule has 2 N–H and O–H groups in total. The van der Waals surface area contributed by atoms with Gasteiger partial charge >= 0.3 is 12.4 Å². The Bertz CT molecular complexity index is 1100. The number of rotatable bonds is 7. The number of halogens is 6. The Hall–Kier alpha value is -2.58. The first-order valence-electron chi connectivity index (χ1n) is 12.6. The minimum Gasteiger partial charge on any atom is -0.380 e. The highest BCUT2D eigenvalue weighted by molar-refractivity contribution is 6.07. The minimum atomic E-state index is -4.91. The molecule has 0 radical (unpaired) electrons. The highest BCUT2D eigenvalue weighted by Crippen LogP contribution is 2.38. The maximum atomic E-state index is 13.9. The van der Waals surface area contributed by atoms with E-state index in [4.69, 9.17) is 4.74 Å². The average Bonchev–Trinajstić information content (AvgIpc) is 3.00. The summed E-state index contributed by atoms with van der Waals surface area (Å²) >= 11 is 0. The van der Waals surface area contributed by atoms with Crippen molar-refractivity contribution >= 4 is 22.5 Å². The Labute approximate surface area is 216 Å². The number of ether oxygens (including phenoxy) is 1. The van der Waals surface area contributed by atoms with Gasteiger partial charge < -0.3 is 20.3 Å². The molecule has 2 fully saturated rings. The van der Waals surface area contributed by atoms with Crippen LogP contribution < -0.4 is 10.6 Å². The summed E-state index contributed by atoms with van der Waals surface area (Å²) in [5.41, 5.74) is -2.07. The molecule has 4 rings (SSSR count). The van der Waals surface area contributed by atoms with Crippen molar-refractivity contribution in [1.82, 2.24) is 24.9 Å². The number of piperidine rings is 1. The monoisotopic (exact) mass is 550 g/mol. The van der Waals surface area contributed by atoms with Gasteiger partial charge in [0.2, 0.25) is 0 Å². The van der Waals surface area contributed by atoms with Crippen molar-refractivity contribution in [3.05, 3.63) is 23.4 Å². The molecule has 8 nitrogen and oxygen atoms in total. The molecule has 0 saturated carbocycles. The van der Waals surface area contributed by atoms with E-state index in [0.717, 1.165) is 69.7 Å². The Balaban J connectivity index is 1.42. The third-order valence-electron chi connectivity index (χ3n) is 6.94. The molecule has 0 atom stereocenters. The summed E-state index contributed by atoms with van der Waals surface area (Å²) in [5, 5.41) is 8.37. The summed E-state index contributed by atoms with van der Waals surface area (Å²) in [5.74, 6) is -0.736. The number of hydrogen-bond donors (Lipinski definition) is 2. The predicted octanol–water partition coefficient (Wildman–Crippen LogP) is 3.48. The van der Waals surface area contributed by atoms with E-state index in [1.165, 1.54) is 7.05 Å². The number of carbonyl (C=O) groups excluding carboxylic acids is 1. The second kappa shape index (κ2) is 11.7. The summed E-state index contributed by atoms with van der Waals surface area (Å²) < 4.78 is 86.1. The summed E-state index contributed by atoms with van der Waals surface area (Å²) in [7, 11) is 1.35. The van der Waals surface area contributed by atoms with E-state index in [-0.39, 0.29) is 17.2 Å². The molecule has 0 spiro atoms. The predicted molar refractivity (Wildman–Crippen MR) is 129 cm³/mol. The van der Waals surface area contributed by atoms with Crippen LogP contribution in [0.3, 0.4) is 0 Å². The van der Waals surface area contributed by atoms with Gasteiger partial charge in [-0.2, -0.15) is 31.4 Å². The van der Waals surface area contributed by atoms with Crippen molar-refractivity contribution in [2.24, 2.45) is 7.05 Å². The van der Waals surface area contributed by atoms with Gasteiger partial charge in [0.1, 0.15) is 6.54 Å². The summed E-state index contributed by atoms with van der Waals surface area (Å²) in [6.45, 7) is 5.26. The van der Waals surface area contributed by atoms with Crippen molar-refractivity contribution in [3.63, 3.8) is 0 Å². The van der Waals surface area contributed by atoms with Crippen LogP contribution in [0.4, 0.5) is 32.0 Å². The summed E-state index contributed by atoms with van der Waals surface area (Å²) in [6.07, 6.45) is -7.20. The number of nitrogens with one attached hydrogen (secondary N) is 2. The van der Waals surface area contributed by atoms with E-state index in [2.05, 4.69) is 20.2 Å². The molecule has 3 heterocycles. The third kappa shape index (κ3) is 7.29. The fraction of sp³-hybridized carbons (Fsp3) is 0.667. The van der Waals surface area contributed by atoms with Crippen LogP contribution >= 0.6 is 0 Å². The van der Waals surface area contributed by atoms with E-state index in [1.807, 2.05) is 5.32 Å². The molecule has 14 heteroatoms. The lowest BCUT2D eigenvalue weighted by Gasteiger charge is -2.33. The fourth-order valence-electron chi connectivity index (χ4n) is 4.93. The number of amides is 1. The van der Waals surface area contributed by atoms with Crippen molar-refractivity contribution in [2.45, 2.75) is 37.7 Å². The number of aryl methyl sites for hydroxylation is 1. The molecule has 2 aliphatic rings. The van der Waals surface area contributed by atoms with Crippen LogP contribution in [0.15, 0.2) is 12.1 Å². The maximum absolute atomic E-state index is 13.9. The zero-order chi connectivity index (χ0) is 27.5. The molecule has 38 heavy (non-hydrogen) atoms. The molecular weight excluding hydrogens is 518 g/mol. The number of fused-ring (bicyclic) bond motifs is 1. The Kier molecular flexibility index (Phi) is 8.72. The van der Waals surface area contributed by atoms with Crippen molar-refractivity contribution in [1.29, 1.82) is 0 Å². The first-order chi connectivity index (χ1) is 17.9. The van der Waals surface area contributed by atoms with Crippen LogP contribution in [0.2, 0.25) is 0 Å². The second-order valence-electron chi connectivity index (χ2n) is 9.75. The van der Waals surface area contributed by atoms with Gasteiger partial charge in [0.15, 0.2) is 5.69 Å². The molecule has 1 amide bonds. The lowest BCUT2D eigenvalue weighted by atomic mass is 10.0. The number of carbonyl (C=O) groups is 1. The highest BCUT2D eigenvalue weighted by atomic mass is 19.4. The van der Waals surface area contributed by atoms with Gasteiger partial charge in [0.25, 0.3) is 5.91 Å². The maximum Gasteiger partial charge on any atom is 0.417 e. The molecule has 0 unspecified atom stereocenters. The molecule has 1 aromatic heterocycles. The zero-order valence-corrected chi connectivity index (χ0v) is 21.1. The molecule has 0 aliphatic carbocycles. The van der Waals surface area contributed by atoms with Crippen molar-refractivity contribution in [3.8, 4) is 0 Å². The SMILES string of the molecule is Cn1nc(C(=O)NC2CCN(CCN3CCCOCC3)CC2)c2c(C(F)(F)F)cc(NCC(F)(F)F)cc21. The Morgan fingerprint density at radius 1 is 1.03 bits per heavy atom. The lowest BCUT2D eigenvalue weighted by Crippen LogP contribution is -2.46. The van der Waals surface area contributed by atoms with Gasteiger partial charge in [-0.3, -0.25) is 14.4 Å². The second-order valence-corrected chi connectivity index (χ2v) is 9.75. The van der Waals surface area contributed by atoms with Crippen molar-refractivity contribution < 1.29 is 35.9 Å². The van der Waals surface area contributed by atoms with Crippen LogP contribution in [-0.4, -0.2) is 96.7 Å². The van der Waals surface area contributed by atoms with Gasteiger partial charge in [0, 0.05) is 70.0 Å². The van der Waals surface area contributed by atoms with Crippen LogP contribution in [0.5, 0.6) is 0 Å². The van der Waals surface area contributed by atoms with E-state index in [0.29, 0.717) is 18.9 Å². The summed E-state index contributed by atoms with van der Waals surface area (Å²) in [4.78, 5) is 17.7. The highest BCUT2D eigenvalue weighted by Gasteiger charge is 2.37. The van der Waals surface area contributed by atoms with Gasteiger partial charge in [-0.25, -0.2) is 0 Å². The molecular formula is C24H32F6N6O2. The van der Waals surface area contributed by atoms with Crippen LogP contribution in [0, 0.1) is 0 Å². The van der Waals surface area contributed by atoms with Gasteiger partial charge in [-0.15, -0.1) is 0 Å². The summed E-state index contributed by atoms with van der Waals surface area (Å²) in [6, 6.07) is 1.50. The first-order valence-corrected chi connectivity index (χ1v) is 12.6. The normalized spacial score (nSPS) is 19.0. The first kappa shape index (κ1) is 28.4. The van der Waals surface area contributed by atoms with Crippen LogP contribution in [0.25, 0.3) is 10.9 Å². The molecule has 2 saturated heterocycles. The number of likely N-dealkylation sites (tertiary alicyclic amines) is 1. The largest absolute Gasteiger partial charge is 0.417 e. The fourth-order valence-corrected chi connectivity index (χ4v) is 4.93. The van der Waals surface area contributed by atoms with E-state index in [1.54, 1.807) is 0 Å². The van der Waals surface area contributed by atoms with Gasteiger partial charge in [-0.05, 0) is 31.4 Å². The third-order valence-corrected chi connectivity index (χ3v) is 6.94. The Morgan fingerprint density at radius 3 is 2.37 bits per heavy atom. The quantitative estimate of drug-likeness (QED) is 0.515. The molecule has 2 aromatic rings.